The van der Waals surface area contributed by atoms with Crippen LogP contribution >= 0.6 is 0 Å². The fourth-order valence-corrected chi connectivity index (χ4v) is 2.45. The summed E-state index contributed by atoms with van der Waals surface area (Å²) >= 11 is 0. The lowest BCUT2D eigenvalue weighted by atomic mass is 10.1. The van der Waals surface area contributed by atoms with Gasteiger partial charge >= 0.3 is 5.69 Å². The maximum Gasteiger partial charge on any atom is 0.314 e. The molecule has 0 unspecified atom stereocenters. The Balaban J connectivity index is 1.97. The predicted octanol–water partition coefficient (Wildman–Crippen LogP) is 1.66. The SMILES string of the molecule is Cn1ncc([N+](=O)[O-])c1C1=CC[C@H]2O[C@@H]2CC1. The second kappa shape index (κ2) is 3.66. The van der Waals surface area contributed by atoms with Gasteiger partial charge in [-0.25, -0.2) is 0 Å². The second-order valence-corrected chi connectivity index (χ2v) is 4.48. The van der Waals surface area contributed by atoms with Crippen molar-refractivity contribution in [1.29, 1.82) is 0 Å². The van der Waals surface area contributed by atoms with Gasteiger partial charge in [0, 0.05) is 7.05 Å². The molecule has 0 bridgehead atoms. The number of allylic oxidation sites excluding steroid dienone is 1. The zero-order valence-corrected chi connectivity index (χ0v) is 9.50. The molecule has 3 rings (SSSR count). The van der Waals surface area contributed by atoms with Gasteiger partial charge in [-0.05, 0) is 24.8 Å². The molecule has 1 aliphatic heterocycles. The fourth-order valence-electron chi connectivity index (χ4n) is 2.45. The van der Waals surface area contributed by atoms with E-state index >= 15 is 0 Å². The van der Waals surface area contributed by atoms with E-state index in [0.717, 1.165) is 24.8 Å². The highest BCUT2D eigenvalue weighted by Crippen LogP contribution is 2.39. The minimum atomic E-state index is -0.370. The van der Waals surface area contributed by atoms with Gasteiger partial charge < -0.3 is 4.74 Å². The van der Waals surface area contributed by atoms with Gasteiger partial charge in [-0.3, -0.25) is 14.8 Å². The second-order valence-electron chi connectivity index (χ2n) is 4.48. The summed E-state index contributed by atoms with van der Waals surface area (Å²) in [6, 6.07) is 0. The zero-order valence-electron chi connectivity index (χ0n) is 9.50. The third-order valence-corrected chi connectivity index (χ3v) is 3.40. The molecule has 0 radical (unpaired) electrons. The molecule has 0 amide bonds. The van der Waals surface area contributed by atoms with Crippen molar-refractivity contribution < 1.29 is 9.66 Å². The number of fused-ring (bicyclic) bond motifs is 1. The maximum absolute atomic E-state index is 10.9. The third kappa shape index (κ3) is 1.74. The summed E-state index contributed by atoms with van der Waals surface area (Å²) in [6.07, 6.45) is 6.68. The number of rotatable bonds is 2. The topological polar surface area (TPSA) is 73.5 Å². The Morgan fingerprint density at radius 3 is 3.18 bits per heavy atom. The van der Waals surface area contributed by atoms with Crippen LogP contribution in [-0.4, -0.2) is 26.9 Å². The quantitative estimate of drug-likeness (QED) is 0.444. The molecular formula is C11H13N3O3. The number of ether oxygens (including phenoxy) is 1. The van der Waals surface area contributed by atoms with Gasteiger partial charge in [0.1, 0.15) is 11.9 Å². The molecule has 6 heteroatoms. The van der Waals surface area contributed by atoms with Crippen LogP contribution in [0.3, 0.4) is 0 Å². The van der Waals surface area contributed by atoms with Crippen molar-refractivity contribution in [2.24, 2.45) is 7.05 Å². The molecule has 0 N–H and O–H groups in total. The standard InChI is InChI=1S/C11H13N3O3/c1-13-11(8(6-12-13)14(15)16)7-2-4-9-10(17-9)5-3-7/h2,6,9-10H,3-5H2,1H3/t9-,10-/m1/s1. The van der Waals surface area contributed by atoms with Crippen molar-refractivity contribution in [3.8, 4) is 0 Å². The monoisotopic (exact) mass is 235 g/mol. The van der Waals surface area contributed by atoms with Crippen LogP contribution in [0.2, 0.25) is 0 Å². The van der Waals surface area contributed by atoms with Gasteiger partial charge in [-0.1, -0.05) is 6.08 Å². The number of hydrogen-bond acceptors (Lipinski definition) is 4. The molecule has 0 aromatic carbocycles. The first-order valence-electron chi connectivity index (χ1n) is 5.68. The predicted molar refractivity (Wildman–Crippen MR) is 60.4 cm³/mol. The van der Waals surface area contributed by atoms with Crippen molar-refractivity contribution in [2.45, 2.75) is 31.5 Å². The van der Waals surface area contributed by atoms with Crippen LogP contribution in [0, 0.1) is 10.1 Å². The van der Waals surface area contributed by atoms with Gasteiger partial charge in [-0.2, -0.15) is 5.10 Å². The molecule has 1 saturated heterocycles. The van der Waals surface area contributed by atoms with Crippen molar-refractivity contribution >= 4 is 11.3 Å². The van der Waals surface area contributed by atoms with Gasteiger partial charge in [0.25, 0.3) is 0 Å². The minimum Gasteiger partial charge on any atom is -0.369 e. The van der Waals surface area contributed by atoms with E-state index in [1.807, 2.05) is 0 Å². The molecule has 2 aliphatic rings. The van der Waals surface area contributed by atoms with Crippen molar-refractivity contribution in [1.82, 2.24) is 9.78 Å². The molecule has 1 aliphatic carbocycles. The van der Waals surface area contributed by atoms with Gasteiger partial charge in [0.05, 0.1) is 17.1 Å². The van der Waals surface area contributed by atoms with Crippen molar-refractivity contribution in [3.05, 3.63) is 28.1 Å². The van der Waals surface area contributed by atoms with Gasteiger partial charge in [-0.15, -0.1) is 0 Å². The number of aromatic nitrogens is 2. The van der Waals surface area contributed by atoms with Crippen LogP contribution in [-0.2, 0) is 11.8 Å². The summed E-state index contributed by atoms with van der Waals surface area (Å²) in [6.45, 7) is 0. The van der Waals surface area contributed by atoms with E-state index in [0.29, 0.717) is 17.9 Å². The highest BCUT2D eigenvalue weighted by atomic mass is 16.6. The van der Waals surface area contributed by atoms with E-state index in [4.69, 9.17) is 4.74 Å². The summed E-state index contributed by atoms with van der Waals surface area (Å²) in [5, 5.41) is 14.9. The molecule has 90 valence electrons. The van der Waals surface area contributed by atoms with E-state index in [1.165, 1.54) is 6.20 Å². The van der Waals surface area contributed by atoms with E-state index < -0.39 is 0 Å². The normalized spacial score (nSPS) is 27.0. The molecule has 2 atom stereocenters. The summed E-state index contributed by atoms with van der Waals surface area (Å²) in [4.78, 5) is 10.6. The molecule has 17 heavy (non-hydrogen) atoms. The third-order valence-electron chi connectivity index (χ3n) is 3.40. The van der Waals surface area contributed by atoms with Gasteiger partial charge in [0.2, 0.25) is 0 Å². The summed E-state index contributed by atoms with van der Waals surface area (Å²) in [5.74, 6) is 0. The minimum absolute atomic E-state index is 0.0928. The summed E-state index contributed by atoms with van der Waals surface area (Å²) in [7, 11) is 1.74. The lowest BCUT2D eigenvalue weighted by Gasteiger charge is -2.05. The largest absolute Gasteiger partial charge is 0.369 e. The Bertz CT molecular complexity index is 506. The summed E-state index contributed by atoms with van der Waals surface area (Å²) < 4.78 is 7.02. The van der Waals surface area contributed by atoms with Crippen LogP contribution in [0.4, 0.5) is 5.69 Å². The molecule has 0 spiro atoms. The van der Waals surface area contributed by atoms with Crippen LogP contribution in [0.1, 0.15) is 25.0 Å². The Labute approximate surface area is 98.0 Å². The Morgan fingerprint density at radius 1 is 1.59 bits per heavy atom. The highest BCUT2D eigenvalue weighted by molar-refractivity contribution is 5.70. The lowest BCUT2D eigenvalue weighted by molar-refractivity contribution is -0.385. The van der Waals surface area contributed by atoms with Gasteiger partial charge in [0.15, 0.2) is 0 Å². The number of nitrogens with zero attached hydrogens (tertiary/aromatic N) is 3. The first-order valence-corrected chi connectivity index (χ1v) is 5.68. The zero-order chi connectivity index (χ0) is 12.0. The number of epoxide rings is 1. The fraction of sp³-hybridized carbons (Fsp3) is 0.545. The number of aryl methyl sites for hydroxylation is 1. The highest BCUT2D eigenvalue weighted by Gasteiger charge is 2.39. The van der Waals surface area contributed by atoms with E-state index in [9.17, 15) is 10.1 Å². The van der Waals surface area contributed by atoms with Crippen molar-refractivity contribution in [2.75, 3.05) is 0 Å². The molecule has 0 saturated carbocycles. The Kier molecular flexibility index (Phi) is 2.25. The van der Waals surface area contributed by atoms with E-state index in [2.05, 4.69) is 11.2 Å². The van der Waals surface area contributed by atoms with E-state index in [1.54, 1.807) is 11.7 Å². The molecule has 1 aromatic heterocycles. The molecular weight excluding hydrogens is 222 g/mol. The summed E-state index contributed by atoms with van der Waals surface area (Å²) in [5.41, 5.74) is 1.75. The average molecular weight is 235 g/mol. The Hall–Kier alpha value is -1.69. The first kappa shape index (κ1) is 10.5. The average Bonchev–Trinajstić information content (AvgIpc) is 2.95. The maximum atomic E-state index is 10.9. The molecule has 2 heterocycles. The van der Waals surface area contributed by atoms with Crippen LogP contribution in [0.5, 0.6) is 0 Å². The molecule has 6 nitrogen and oxygen atoms in total. The molecule has 1 fully saturated rings. The van der Waals surface area contributed by atoms with E-state index in [-0.39, 0.29) is 10.6 Å². The number of hydrogen-bond donors (Lipinski definition) is 0. The molecule has 1 aromatic rings. The lowest BCUT2D eigenvalue weighted by Crippen LogP contribution is -2.01. The smallest absolute Gasteiger partial charge is 0.314 e. The Morgan fingerprint density at radius 2 is 2.41 bits per heavy atom. The van der Waals surface area contributed by atoms with Crippen LogP contribution < -0.4 is 0 Å². The van der Waals surface area contributed by atoms with Crippen LogP contribution in [0.25, 0.3) is 5.57 Å². The first-order chi connectivity index (χ1) is 8.16. The number of nitro groups is 1. The van der Waals surface area contributed by atoms with Crippen molar-refractivity contribution in [3.63, 3.8) is 0 Å². The van der Waals surface area contributed by atoms with Crippen LogP contribution in [0.15, 0.2) is 12.3 Å².